The summed E-state index contributed by atoms with van der Waals surface area (Å²) in [5, 5.41) is 6.66. The molecule has 2 N–H and O–H groups in total. The molecule has 0 fully saturated rings. The third-order valence-corrected chi connectivity index (χ3v) is 4.40. The molecule has 3 aromatic carbocycles. The Bertz CT molecular complexity index is 898. The van der Waals surface area contributed by atoms with E-state index < -0.39 is 6.04 Å². The molecule has 0 saturated carbocycles. The molecule has 132 valence electrons. The SMILES string of the molecule is Cc1ccc(N[C@H](C(=O)Nc2ccc(F)cc2)c2ccccc2)cc1Cl. The molecular weight excluding hydrogens is 351 g/mol. The van der Waals surface area contributed by atoms with Crippen molar-refractivity contribution < 1.29 is 9.18 Å². The van der Waals surface area contributed by atoms with Crippen LogP contribution in [0.5, 0.6) is 0 Å². The molecule has 0 spiro atoms. The number of rotatable bonds is 5. The Labute approximate surface area is 156 Å². The Hall–Kier alpha value is -2.85. The molecule has 0 saturated heterocycles. The summed E-state index contributed by atoms with van der Waals surface area (Å²) in [6.07, 6.45) is 0. The largest absolute Gasteiger partial charge is 0.370 e. The van der Waals surface area contributed by atoms with Crippen molar-refractivity contribution in [1.29, 1.82) is 0 Å². The molecule has 1 amide bonds. The third-order valence-electron chi connectivity index (χ3n) is 3.99. The molecule has 0 bridgehead atoms. The summed E-state index contributed by atoms with van der Waals surface area (Å²) in [6.45, 7) is 1.92. The van der Waals surface area contributed by atoms with Gasteiger partial charge in [-0.2, -0.15) is 0 Å². The lowest BCUT2D eigenvalue weighted by Gasteiger charge is -2.20. The molecule has 0 aliphatic rings. The van der Waals surface area contributed by atoms with E-state index in [-0.39, 0.29) is 11.7 Å². The van der Waals surface area contributed by atoms with Crippen molar-refractivity contribution in [3.05, 3.63) is 94.8 Å². The van der Waals surface area contributed by atoms with Crippen LogP contribution in [0, 0.1) is 12.7 Å². The van der Waals surface area contributed by atoms with Gasteiger partial charge < -0.3 is 10.6 Å². The summed E-state index contributed by atoms with van der Waals surface area (Å²) >= 11 is 6.19. The summed E-state index contributed by atoms with van der Waals surface area (Å²) < 4.78 is 13.1. The topological polar surface area (TPSA) is 41.1 Å². The van der Waals surface area contributed by atoms with Crippen LogP contribution in [0.1, 0.15) is 17.2 Å². The highest BCUT2D eigenvalue weighted by Gasteiger charge is 2.21. The van der Waals surface area contributed by atoms with Crippen molar-refractivity contribution in [2.75, 3.05) is 10.6 Å². The average Bonchev–Trinajstić information content (AvgIpc) is 2.65. The van der Waals surface area contributed by atoms with E-state index in [0.29, 0.717) is 10.7 Å². The molecule has 3 aromatic rings. The lowest BCUT2D eigenvalue weighted by Crippen LogP contribution is -2.27. The van der Waals surface area contributed by atoms with Crippen molar-refractivity contribution in [2.24, 2.45) is 0 Å². The van der Waals surface area contributed by atoms with Crippen LogP contribution in [-0.4, -0.2) is 5.91 Å². The number of amides is 1. The summed E-state index contributed by atoms with van der Waals surface area (Å²) in [6, 6.07) is 20.0. The Kier molecular flexibility index (Phi) is 5.54. The van der Waals surface area contributed by atoms with Gasteiger partial charge in [0.1, 0.15) is 11.9 Å². The number of carbonyl (C=O) groups excluding carboxylic acids is 1. The maximum absolute atomic E-state index is 13.1. The molecule has 0 unspecified atom stereocenters. The fourth-order valence-electron chi connectivity index (χ4n) is 2.54. The first kappa shape index (κ1) is 18.0. The molecule has 0 aliphatic carbocycles. The highest BCUT2D eigenvalue weighted by atomic mass is 35.5. The van der Waals surface area contributed by atoms with Crippen LogP contribution >= 0.6 is 11.6 Å². The van der Waals surface area contributed by atoms with Gasteiger partial charge in [0, 0.05) is 16.4 Å². The molecule has 1 atom stereocenters. The van der Waals surface area contributed by atoms with Crippen LogP contribution in [0.25, 0.3) is 0 Å². The number of carbonyl (C=O) groups is 1. The van der Waals surface area contributed by atoms with Gasteiger partial charge in [-0.25, -0.2) is 4.39 Å². The summed E-state index contributed by atoms with van der Waals surface area (Å²) in [5.41, 5.74) is 3.04. The van der Waals surface area contributed by atoms with Crippen molar-refractivity contribution in [2.45, 2.75) is 13.0 Å². The molecular formula is C21H18ClFN2O. The zero-order valence-corrected chi connectivity index (χ0v) is 14.9. The Morgan fingerprint density at radius 3 is 2.27 bits per heavy atom. The number of hydrogen-bond donors (Lipinski definition) is 2. The van der Waals surface area contributed by atoms with Gasteiger partial charge in [-0.1, -0.05) is 48.0 Å². The molecule has 5 heteroatoms. The number of hydrogen-bond acceptors (Lipinski definition) is 2. The van der Waals surface area contributed by atoms with Gasteiger partial charge >= 0.3 is 0 Å². The van der Waals surface area contributed by atoms with Crippen molar-refractivity contribution in [1.82, 2.24) is 0 Å². The molecule has 3 rings (SSSR count). The average molecular weight is 369 g/mol. The van der Waals surface area contributed by atoms with Gasteiger partial charge in [-0.15, -0.1) is 0 Å². The van der Waals surface area contributed by atoms with Crippen LogP contribution in [0.3, 0.4) is 0 Å². The second-order valence-corrected chi connectivity index (χ2v) is 6.36. The molecule has 0 heterocycles. The Morgan fingerprint density at radius 1 is 0.962 bits per heavy atom. The fraction of sp³-hybridized carbons (Fsp3) is 0.0952. The third kappa shape index (κ3) is 4.41. The minimum absolute atomic E-state index is 0.250. The van der Waals surface area contributed by atoms with Gasteiger partial charge in [0.25, 0.3) is 5.91 Å². The van der Waals surface area contributed by atoms with Gasteiger partial charge in [0.2, 0.25) is 0 Å². The van der Waals surface area contributed by atoms with E-state index in [1.54, 1.807) is 6.07 Å². The summed E-state index contributed by atoms with van der Waals surface area (Å²) in [4.78, 5) is 12.9. The zero-order valence-electron chi connectivity index (χ0n) is 14.2. The van der Waals surface area contributed by atoms with Crippen molar-refractivity contribution >= 4 is 28.9 Å². The zero-order chi connectivity index (χ0) is 18.5. The van der Waals surface area contributed by atoms with Crippen molar-refractivity contribution in [3.63, 3.8) is 0 Å². The second-order valence-electron chi connectivity index (χ2n) is 5.95. The lowest BCUT2D eigenvalue weighted by molar-refractivity contribution is -0.117. The first-order chi connectivity index (χ1) is 12.5. The van der Waals surface area contributed by atoms with E-state index in [4.69, 9.17) is 11.6 Å². The van der Waals surface area contributed by atoms with E-state index >= 15 is 0 Å². The molecule has 0 aromatic heterocycles. The van der Waals surface area contributed by atoms with E-state index in [2.05, 4.69) is 10.6 Å². The standard InChI is InChI=1S/C21H18ClFN2O/c1-14-7-10-18(13-19(14)22)24-20(15-5-3-2-4-6-15)21(26)25-17-11-8-16(23)9-12-17/h2-13,20,24H,1H3,(H,25,26)/t20-/m0/s1. The van der Waals surface area contributed by atoms with E-state index in [0.717, 1.165) is 16.8 Å². The quantitative estimate of drug-likeness (QED) is 0.617. The van der Waals surface area contributed by atoms with Crippen LogP contribution < -0.4 is 10.6 Å². The maximum Gasteiger partial charge on any atom is 0.251 e. The van der Waals surface area contributed by atoms with E-state index in [1.807, 2.05) is 49.4 Å². The minimum atomic E-state index is -0.625. The highest BCUT2D eigenvalue weighted by Crippen LogP contribution is 2.25. The first-order valence-corrected chi connectivity index (χ1v) is 8.55. The van der Waals surface area contributed by atoms with E-state index in [1.165, 1.54) is 24.3 Å². The monoisotopic (exact) mass is 368 g/mol. The number of aryl methyl sites for hydroxylation is 1. The Morgan fingerprint density at radius 2 is 1.62 bits per heavy atom. The smallest absolute Gasteiger partial charge is 0.251 e. The van der Waals surface area contributed by atoms with Crippen LogP contribution in [0.4, 0.5) is 15.8 Å². The fourth-order valence-corrected chi connectivity index (χ4v) is 2.72. The lowest BCUT2D eigenvalue weighted by atomic mass is 10.1. The van der Waals surface area contributed by atoms with Gasteiger partial charge in [0.15, 0.2) is 0 Å². The molecule has 26 heavy (non-hydrogen) atoms. The van der Waals surface area contributed by atoms with Gasteiger partial charge in [-0.3, -0.25) is 4.79 Å². The van der Waals surface area contributed by atoms with Crippen molar-refractivity contribution in [3.8, 4) is 0 Å². The molecule has 3 nitrogen and oxygen atoms in total. The summed E-state index contributed by atoms with van der Waals surface area (Å²) in [5.74, 6) is -0.602. The van der Waals surface area contributed by atoms with Crippen LogP contribution in [0.15, 0.2) is 72.8 Å². The van der Waals surface area contributed by atoms with Crippen LogP contribution in [-0.2, 0) is 4.79 Å². The predicted octanol–water partition coefficient (Wildman–Crippen LogP) is 5.58. The highest BCUT2D eigenvalue weighted by molar-refractivity contribution is 6.31. The number of halogens is 2. The maximum atomic E-state index is 13.1. The van der Waals surface area contributed by atoms with Gasteiger partial charge in [0.05, 0.1) is 0 Å². The first-order valence-electron chi connectivity index (χ1n) is 8.17. The number of nitrogens with one attached hydrogen (secondary N) is 2. The predicted molar refractivity (Wildman–Crippen MR) is 104 cm³/mol. The van der Waals surface area contributed by atoms with Crippen LogP contribution in [0.2, 0.25) is 5.02 Å². The molecule has 0 radical (unpaired) electrons. The van der Waals surface area contributed by atoms with Gasteiger partial charge in [-0.05, 0) is 54.4 Å². The Balaban J connectivity index is 1.86. The normalized spacial score (nSPS) is 11.7. The minimum Gasteiger partial charge on any atom is -0.370 e. The molecule has 0 aliphatic heterocycles. The number of benzene rings is 3. The number of anilines is 2. The second kappa shape index (κ2) is 8.02. The van der Waals surface area contributed by atoms with E-state index in [9.17, 15) is 9.18 Å². The summed E-state index contributed by atoms with van der Waals surface area (Å²) in [7, 11) is 0.